The lowest BCUT2D eigenvalue weighted by Crippen LogP contribution is -2.28. The quantitative estimate of drug-likeness (QED) is 0.507. The molecule has 1 aromatic carbocycles. The second kappa shape index (κ2) is 8.99. The number of thiazole rings is 1. The number of anilines is 1. The number of hydrogen-bond donors (Lipinski definition) is 3. The van der Waals surface area contributed by atoms with Crippen molar-refractivity contribution in [1.29, 1.82) is 0 Å². The topological polar surface area (TPSA) is 114 Å². The number of carbonyl (C=O) groups is 3. The van der Waals surface area contributed by atoms with Crippen molar-refractivity contribution in [3.05, 3.63) is 56.9 Å². The van der Waals surface area contributed by atoms with Crippen molar-refractivity contribution in [2.24, 2.45) is 5.73 Å². The van der Waals surface area contributed by atoms with Crippen LogP contribution >= 0.6 is 22.7 Å². The van der Waals surface area contributed by atoms with Crippen molar-refractivity contribution in [2.45, 2.75) is 32.6 Å². The molecule has 0 saturated carbocycles. The van der Waals surface area contributed by atoms with E-state index in [1.165, 1.54) is 16.2 Å². The van der Waals surface area contributed by atoms with Crippen molar-refractivity contribution >= 4 is 45.5 Å². The molecule has 0 bridgehead atoms. The van der Waals surface area contributed by atoms with Crippen LogP contribution in [0.5, 0.6) is 0 Å². The lowest BCUT2D eigenvalue weighted by atomic mass is 10.0. The van der Waals surface area contributed by atoms with E-state index in [0.29, 0.717) is 16.3 Å². The number of fused-ring (bicyclic) bond motifs is 1. The molecule has 0 fully saturated rings. The minimum absolute atomic E-state index is 0.0799. The number of hydrogen-bond acceptors (Lipinski definition) is 6. The minimum Gasteiger partial charge on any atom is -0.370 e. The molecule has 0 aliphatic heterocycles. The highest BCUT2D eigenvalue weighted by Gasteiger charge is 2.21. The van der Waals surface area contributed by atoms with Crippen LogP contribution in [0, 0.1) is 6.92 Å². The van der Waals surface area contributed by atoms with E-state index < -0.39 is 5.91 Å². The highest BCUT2D eigenvalue weighted by atomic mass is 32.1. The van der Waals surface area contributed by atoms with Gasteiger partial charge in [0, 0.05) is 38.7 Å². The molecule has 2 aromatic heterocycles. The van der Waals surface area contributed by atoms with Gasteiger partial charge in [0.15, 0.2) is 5.13 Å². The molecule has 0 atom stereocenters. The third-order valence-corrected chi connectivity index (χ3v) is 7.23. The summed E-state index contributed by atoms with van der Waals surface area (Å²) in [7, 11) is 0. The van der Waals surface area contributed by atoms with E-state index in [1.807, 2.05) is 25.1 Å². The Kier molecular flexibility index (Phi) is 6.15. The van der Waals surface area contributed by atoms with Gasteiger partial charge in [-0.05, 0) is 38.3 Å². The SMILES string of the molecule is Cc1sc(-c2ccccc2C(=O)NCCC(N)=O)cc1C(=O)Nc1nc2c(s1)CCC2. The Labute approximate surface area is 187 Å². The highest BCUT2D eigenvalue weighted by Crippen LogP contribution is 2.35. The Morgan fingerprint density at radius 3 is 2.68 bits per heavy atom. The molecule has 0 saturated heterocycles. The van der Waals surface area contributed by atoms with Crippen LogP contribution in [-0.4, -0.2) is 29.3 Å². The van der Waals surface area contributed by atoms with E-state index in [4.69, 9.17) is 5.73 Å². The largest absolute Gasteiger partial charge is 0.370 e. The Hall–Kier alpha value is -3.04. The fourth-order valence-electron chi connectivity index (χ4n) is 3.54. The molecule has 4 N–H and O–H groups in total. The van der Waals surface area contributed by atoms with Crippen molar-refractivity contribution < 1.29 is 14.4 Å². The number of benzene rings is 1. The number of aromatic nitrogens is 1. The molecule has 2 heterocycles. The van der Waals surface area contributed by atoms with E-state index in [-0.39, 0.29) is 24.8 Å². The van der Waals surface area contributed by atoms with Gasteiger partial charge in [-0.15, -0.1) is 22.7 Å². The van der Waals surface area contributed by atoms with E-state index in [0.717, 1.165) is 40.3 Å². The van der Waals surface area contributed by atoms with Crippen LogP contribution in [0.25, 0.3) is 10.4 Å². The van der Waals surface area contributed by atoms with Crippen LogP contribution < -0.4 is 16.4 Å². The maximum atomic E-state index is 12.9. The molecule has 1 aliphatic rings. The van der Waals surface area contributed by atoms with Crippen molar-refractivity contribution in [3.8, 4) is 10.4 Å². The average molecular weight is 455 g/mol. The van der Waals surface area contributed by atoms with Gasteiger partial charge in [0.2, 0.25) is 5.91 Å². The molecule has 0 radical (unpaired) electrons. The standard InChI is InChI=1S/C22H22N4O3S2/c1-12-15(21(29)26-22-25-16-7-4-8-17(16)31-22)11-18(30-12)13-5-2-3-6-14(13)20(28)24-10-9-19(23)27/h2-3,5-6,11H,4,7-10H2,1H3,(H2,23,27)(H,24,28)(H,25,26,29). The summed E-state index contributed by atoms with van der Waals surface area (Å²) in [4.78, 5) is 43.9. The predicted octanol–water partition coefficient (Wildman–Crippen LogP) is 3.53. The van der Waals surface area contributed by atoms with Crippen LogP contribution in [0.4, 0.5) is 5.13 Å². The van der Waals surface area contributed by atoms with Gasteiger partial charge in [-0.25, -0.2) is 4.98 Å². The second-order valence-electron chi connectivity index (χ2n) is 7.29. The Bertz CT molecular complexity index is 1140. The number of nitrogens with two attached hydrogens (primary N) is 1. The van der Waals surface area contributed by atoms with Crippen LogP contribution in [0.2, 0.25) is 0 Å². The van der Waals surface area contributed by atoms with Crippen molar-refractivity contribution in [1.82, 2.24) is 10.3 Å². The fourth-order valence-corrected chi connectivity index (χ4v) is 5.64. The first-order valence-electron chi connectivity index (χ1n) is 9.98. The number of aryl methyl sites for hydroxylation is 3. The maximum absolute atomic E-state index is 12.9. The zero-order chi connectivity index (χ0) is 22.0. The second-order valence-corrected chi connectivity index (χ2v) is 9.63. The summed E-state index contributed by atoms with van der Waals surface area (Å²) in [6.45, 7) is 2.07. The molecule has 0 unspecified atom stereocenters. The number of amides is 3. The lowest BCUT2D eigenvalue weighted by molar-refractivity contribution is -0.117. The van der Waals surface area contributed by atoms with Gasteiger partial charge in [0.05, 0.1) is 11.3 Å². The summed E-state index contributed by atoms with van der Waals surface area (Å²) in [5, 5.41) is 6.27. The molecular formula is C22H22N4O3S2. The van der Waals surface area contributed by atoms with E-state index in [9.17, 15) is 14.4 Å². The molecule has 7 nitrogen and oxygen atoms in total. The summed E-state index contributed by atoms with van der Waals surface area (Å²) >= 11 is 3.00. The van der Waals surface area contributed by atoms with Gasteiger partial charge in [-0.1, -0.05) is 18.2 Å². The molecule has 4 rings (SSSR count). The summed E-state index contributed by atoms with van der Waals surface area (Å²) in [6, 6.07) is 9.01. The third kappa shape index (κ3) is 4.67. The van der Waals surface area contributed by atoms with Gasteiger partial charge in [0.25, 0.3) is 11.8 Å². The molecule has 1 aliphatic carbocycles. The average Bonchev–Trinajstić information content (AvgIpc) is 3.42. The number of primary amides is 1. The van der Waals surface area contributed by atoms with E-state index in [1.54, 1.807) is 23.5 Å². The van der Waals surface area contributed by atoms with Crippen molar-refractivity contribution in [2.75, 3.05) is 11.9 Å². The molecule has 0 spiro atoms. The monoisotopic (exact) mass is 454 g/mol. The smallest absolute Gasteiger partial charge is 0.258 e. The van der Waals surface area contributed by atoms with Crippen LogP contribution in [-0.2, 0) is 17.6 Å². The molecule has 160 valence electrons. The Balaban J connectivity index is 1.53. The summed E-state index contributed by atoms with van der Waals surface area (Å²) in [5.74, 6) is -0.953. The van der Waals surface area contributed by atoms with Gasteiger partial charge < -0.3 is 11.1 Å². The summed E-state index contributed by atoms with van der Waals surface area (Å²) in [5.41, 5.74) is 8.02. The number of thiophene rings is 1. The van der Waals surface area contributed by atoms with E-state index in [2.05, 4.69) is 15.6 Å². The molecule has 9 heteroatoms. The normalized spacial score (nSPS) is 12.4. The first-order valence-corrected chi connectivity index (χ1v) is 11.6. The first kappa shape index (κ1) is 21.2. The molecule has 31 heavy (non-hydrogen) atoms. The maximum Gasteiger partial charge on any atom is 0.258 e. The Morgan fingerprint density at radius 2 is 1.90 bits per heavy atom. The molecule has 3 aromatic rings. The van der Waals surface area contributed by atoms with Gasteiger partial charge in [-0.3, -0.25) is 19.7 Å². The third-order valence-electron chi connectivity index (χ3n) is 5.07. The van der Waals surface area contributed by atoms with Gasteiger partial charge >= 0.3 is 0 Å². The van der Waals surface area contributed by atoms with Crippen LogP contribution in [0.15, 0.2) is 30.3 Å². The van der Waals surface area contributed by atoms with Crippen molar-refractivity contribution in [3.63, 3.8) is 0 Å². The number of nitrogens with one attached hydrogen (secondary N) is 2. The molecular weight excluding hydrogens is 432 g/mol. The van der Waals surface area contributed by atoms with Gasteiger partial charge in [-0.2, -0.15) is 0 Å². The van der Waals surface area contributed by atoms with Crippen LogP contribution in [0.3, 0.4) is 0 Å². The number of nitrogens with zero attached hydrogens (tertiary/aromatic N) is 1. The number of rotatable bonds is 7. The van der Waals surface area contributed by atoms with Crippen LogP contribution in [0.1, 0.15) is 49.0 Å². The van der Waals surface area contributed by atoms with Gasteiger partial charge in [0.1, 0.15) is 0 Å². The first-order chi connectivity index (χ1) is 14.9. The lowest BCUT2D eigenvalue weighted by Gasteiger charge is -2.08. The summed E-state index contributed by atoms with van der Waals surface area (Å²) in [6.07, 6.45) is 3.21. The summed E-state index contributed by atoms with van der Waals surface area (Å²) < 4.78 is 0. The highest BCUT2D eigenvalue weighted by molar-refractivity contribution is 7.16. The fraction of sp³-hybridized carbons (Fsp3) is 0.273. The van der Waals surface area contributed by atoms with E-state index >= 15 is 0 Å². The zero-order valence-electron chi connectivity index (χ0n) is 17.0. The molecule has 3 amide bonds. The minimum atomic E-state index is -0.469. The predicted molar refractivity (Wildman–Crippen MR) is 123 cm³/mol. The number of carbonyl (C=O) groups excluding carboxylic acids is 3. The Morgan fingerprint density at radius 1 is 1.10 bits per heavy atom. The zero-order valence-corrected chi connectivity index (χ0v) is 18.6.